The van der Waals surface area contributed by atoms with Crippen molar-refractivity contribution < 1.29 is 23.5 Å². The van der Waals surface area contributed by atoms with Crippen LogP contribution in [0, 0.1) is 5.82 Å². The molecule has 0 aromatic heterocycles. The molecule has 0 radical (unpaired) electrons. The monoisotopic (exact) mass is 386 g/mol. The van der Waals surface area contributed by atoms with E-state index >= 15 is 0 Å². The number of carbonyl (C=O) groups is 2. The maximum absolute atomic E-state index is 13.4. The number of esters is 1. The largest absolute Gasteiger partial charge is 0.460 e. The van der Waals surface area contributed by atoms with Crippen LogP contribution in [0.5, 0.6) is 0 Å². The number of ether oxygens (including phenoxy) is 2. The molecule has 2 amide bonds. The lowest BCUT2D eigenvalue weighted by Crippen LogP contribution is -2.45. The van der Waals surface area contributed by atoms with Gasteiger partial charge in [-0.05, 0) is 40.5 Å². The van der Waals surface area contributed by atoms with Gasteiger partial charge in [0, 0.05) is 12.8 Å². The summed E-state index contributed by atoms with van der Waals surface area (Å²) < 4.78 is 23.6. The van der Waals surface area contributed by atoms with E-state index < -0.39 is 23.9 Å². The Hall–Kier alpha value is -1.93. The van der Waals surface area contributed by atoms with Gasteiger partial charge >= 0.3 is 12.0 Å². The van der Waals surface area contributed by atoms with Crippen LogP contribution in [-0.4, -0.2) is 32.3 Å². The molecule has 6 nitrogen and oxygen atoms in total. The molecule has 1 aliphatic rings. The highest BCUT2D eigenvalue weighted by atomic mass is 79.9. The number of hydrogen-bond acceptors (Lipinski definition) is 4. The van der Waals surface area contributed by atoms with Crippen LogP contribution in [0.2, 0.25) is 0 Å². The minimum atomic E-state index is -0.726. The molecule has 2 N–H and O–H groups in total. The molecule has 1 aromatic rings. The maximum Gasteiger partial charge on any atom is 0.338 e. The minimum Gasteiger partial charge on any atom is -0.460 e. The first kappa shape index (κ1) is 17.4. The number of allylic oxidation sites excluding steroid dienone is 1. The standard InChI is InChI=1S/C15H16BrFN2O4/c1-8-12(14(20)23-6-5-22-2)13(19-15(21)18-8)9-3-4-11(17)10(16)7-9/h3-4,7,13H,5-6H2,1-2H3,(H2,18,19,21)/t13-/m0/s1. The average molecular weight is 387 g/mol. The first-order valence-corrected chi connectivity index (χ1v) is 7.62. The number of benzene rings is 1. The fourth-order valence-corrected chi connectivity index (χ4v) is 2.60. The number of urea groups is 1. The zero-order valence-corrected chi connectivity index (χ0v) is 14.2. The third-order valence-electron chi connectivity index (χ3n) is 3.29. The second-order valence-electron chi connectivity index (χ2n) is 4.87. The van der Waals surface area contributed by atoms with E-state index in [1.165, 1.54) is 25.3 Å². The Bertz CT molecular complexity index is 663. The highest BCUT2D eigenvalue weighted by Crippen LogP contribution is 2.30. The van der Waals surface area contributed by atoms with Crippen molar-refractivity contribution in [1.82, 2.24) is 10.6 Å². The normalized spacial score (nSPS) is 17.6. The molecule has 23 heavy (non-hydrogen) atoms. The van der Waals surface area contributed by atoms with Crippen molar-refractivity contribution in [3.63, 3.8) is 0 Å². The first-order chi connectivity index (χ1) is 10.9. The van der Waals surface area contributed by atoms with Crippen molar-refractivity contribution in [2.24, 2.45) is 0 Å². The summed E-state index contributed by atoms with van der Waals surface area (Å²) in [6, 6.07) is 3.11. The van der Waals surface area contributed by atoms with Gasteiger partial charge in [0.1, 0.15) is 12.4 Å². The van der Waals surface area contributed by atoms with E-state index in [9.17, 15) is 14.0 Å². The Morgan fingerprint density at radius 2 is 2.13 bits per heavy atom. The lowest BCUT2D eigenvalue weighted by atomic mass is 9.95. The molecule has 8 heteroatoms. The number of carbonyl (C=O) groups excluding carboxylic acids is 2. The Balaban J connectivity index is 2.33. The lowest BCUT2D eigenvalue weighted by Gasteiger charge is -2.28. The van der Waals surface area contributed by atoms with E-state index in [1.807, 2.05) is 0 Å². The van der Waals surface area contributed by atoms with Gasteiger partial charge in [-0.2, -0.15) is 0 Å². The molecule has 0 unspecified atom stereocenters. The quantitative estimate of drug-likeness (QED) is 0.601. The van der Waals surface area contributed by atoms with Crippen LogP contribution in [0.25, 0.3) is 0 Å². The molecular weight excluding hydrogens is 371 g/mol. The summed E-state index contributed by atoms with van der Waals surface area (Å²) in [7, 11) is 1.50. The Labute approximate surface area is 141 Å². The molecule has 0 bridgehead atoms. The average Bonchev–Trinajstić information content (AvgIpc) is 2.49. The molecule has 0 fully saturated rings. The molecular formula is C15H16BrFN2O4. The SMILES string of the molecule is COCCOC(=O)C1=C(C)NC(=O)N[C@H]1c1ccc(F)c(Br)c1. The van der Waals surface area contributed by atoms with Crippen LogP contribution in [0.15, 0.2) is 33.9 Å². The fourth-order valence-electron chi connectivity index (χ4n) is 2.20. The van der Waals surface area contributed by atoms with Crippen LogP contribution in [0.1, 0.15) is 18.5 Å². The third kappa shape index (κ3) is 4.08. The van der Waals surface area contributed by atoms with Crippen molar-refractivity contribution in [3.05, 3.63) is 45.3 Å². The number of amides is 2. The van der Waals surface area contributed by atoms with Crippen LogP contribution in [0.4, 0.5) is 9.18 Å². The molecule has 2 rings (SSSR count). The van der Waals surface area contributed by atoms with E-state index in [4.69, 9.17) is 9.47 Å². The molecule has 0 saturated carbocycles. The molecule has 0 aliphatic carbocycles. The minimum absolute atomic E-state index is 0.0971. The fraction of sp³-hybridized carbons (Fsp3) is 0.333. The van der Waals surface area contributed by atoms with Gasteiger partial charge in [-0.3, -0.25) is 0 Å². The molecule has 0 spiro atoms. The Kier molecular flexibility index (Phi) is 5.73. The summed E-state index contributed by atoms with van der Waals surface area (Å²) in [4.78, 5) is 24.0. The zero-order valence-electron chi connectivity index (χ0n) is 12.6. The van der Waals surface area contributed by atoms with E-state index in [-0.39, 0.29) is 23.3 Å². The molecule has 1 heterocycles. The van der Waals surface area contributed by atoms with Gasteiger partial charge < -0.3 is 20.1 Å². The van der Waals surface area contributed by atoms with E-state index in [1.54, 1.807) is 6.92 Å². The van der Waals surface area contributed by atoms with Gasteiger partial charge in [0.25, 0.3) is 0 Å². The Morgan fingerprint density at radius 1 is 1.39 bits per heavy atom. The zero-order chi connectivity index (χ0) is 17.0. The van der Waals surface area contributed by atoms with Gasteiger partial charge in [0.15, 0.2) is 0 Å². The highest BCUT2D eigenvalue weighted by molar-refractivity contribution is 9.10. The predicted molar refractivity (Wildman–Crippen MR) is 84.0 cm³/mol. The first-order valence-electron chi connectivity index (χ1n) is 6.83. The number of methoxy groups -OCH3 is 1. The van der Waals surface area contributed by atoms with Crippen molar-refractivity contribution in [2.45, 2.75) is 13.0 Å². The second-order valence-corrected chi connectivity index (χ2v) is 5.73. The molecule has 1 atom stereocenters. The summed E-state index contributed by atoms with van der Waals surface area (Å²) in [5.41, 5.74) is 1.21. The van der Waals surface area contributed by atoms with Crippen molar-refractivity contribution in [1.29, 1.82) is 0 Å². The van der Waals surface area contributed by atoms with E-state index in [2.05, 4.69) is 26.6 Å². The van der Waals surface area contributed by atoms with Crippen LogP contribution in [-0.2, 0) is 14.3 Å². The van der Waals surface area contributed by atoms with E-state index in [0.717, 1.165) is 0 Å². The number of hydrogen-bond donors (Lipinski definition) is 2. The van der Waals surface area contributed by atoms with Gasteiger partial charge in [0.05, 0.1) is 22.7 Å². The number of rotatable bonds is 5. The van der Waals surface area contributed by atoms with Gasteiger partial charge in [-0.1, -0.05) is 6.07 Å². The molecule has 1 aliphatic heterocycles. The molecule has 0 saturated heterocycles. The van der Waals surface area contributed by atoms with Crippen molar-refractivity contribution >= 4 is 27.9 Å². The molecule has 124 valence electrons. The van der Waals surface area contributed by atoms with Crippen LogP contribution >= 0.6 is 15.9 Å². The lowest BCUT2D eigenvalue weighted by molar-refractivity contribution is -0.140. The second kappa shape index (κ2) is 7.56. The van der Waals surface area contributed by atoms with E-state index in [0.29, 0.717) is 11.3 Å². The number of nitrogens with one attached hydrogen (secondary N) is 2. The summed E-state index contributed by atoms with van der Waals surface area (Å²) >= 11 is 3.10. The van der Waals surface area contributed by atoms with Gasteiger partial charge in [-0.25, -0.2) is 14.0 Å². The van der Waals surface area contributed by atoms with Crippen LogP contribution < -0.4 is 10.6 Å². The Morgan fingerprint density at radius 3 is 2.78 bits per heavy atom. The van der Waals surface area contributed by atoms with Gasteiger partial charge in [-0.15, -0.1) is 0 Å². The molecule has 1 aromatic carbocycles. The van der Waals surface area contributed by atoms with Crippen LogP contribution in [0.3, 0.4) is 0 Å². The van der Waals surface area contributed by atoms with Crippen molar-refractivity contribution in [3.8, 4) is 0 Å². The summed E-state index contributed by atoms with van der Waals surface area (Å²) in [5.74, 6) is -1.00. The predicted octanol–water partition coefficient (Wildman–Crippen LogP) is 2.41. The maximum atomic E-state index is 13.4. The summed E-state index contributed by atoms with van der Waals surface area (Å²) in [5, 5.41) is 5.19. The van der Waals surface area contributed by atoms with Gasteiger partial charge in [0.2, 0.25) is 0 Å². The number of halogens is 2. The smallest absolute Gasteiger partial charge is 0.338 e. The highest BCUT2D eigenvalue weighted by Gasteiger charge is 2.32. The summed E-state index contributed by atoms with van der Waals surface area (Å²) in [6.45, 7) is 1.97. The third-order valence-corrected chi connectivity index (χ3v) is 3.89. The van der Waals surface area contributed by atoms with Crippen molar-refractivity contribution in [2.75, 3.05) is 20.3 Å². The topological polar surface area (TPSA) is 76.7 Å². The summed E-state index contributed by atoms with van der Waals surface area (Å²) in [6.07, 6.45) is 0.